The number of nitrogens with one attached hydrogen (secondary N) is 1. The molecule has 0 radical (unpaired) electrons. The molecule has 0 saturated carbocycles. The quantitative estimate of drug-likeness (QED) is 0.905. The summed E-state index contributed by atoms with van der Waals surface area (Å²) < 4.78 is 5.97. The fourth-order valence-corrected chi connectivity index (χ4v) is 3.54. The topological polar surface area (TPSA) is 24.5 Å². The summed E-state index contributed by atoms with van der Waals surface area (Å²) in [6.45, 7) is 5.26. The van der Waals surface area contributed by atoms with Crippen LogP contribution in [0.15, 0.2) is 30.3 Å². The van der Waals surface area contributed by atoms with Gasteiger partial charge in [-0.3, -0.25) is 4.90 Å². The van der Waals surface area contributed by atoms with Crippen LogP contribution in [0.25, 0.3) is 0 Å². The monoisotopic (exact) mass is 310 g/mol. The molecule has 0 amide bonds. The van der Waals surface area contributed by atoms with E-state index in [0.29, 0.717) is 6.04 Å². The number of benzene rings is 1. The van der Waals surface area contributed by atoms with Crippen LogP contribution in [0.1, 0.15) is 31.2 Å². The van der Waals surface area contributed by atoms with Gasteiger partial charge in [0.2, 0.25) is 0 Å². The van der Waals surface area contributed by atoms with E-state index in [2.05, 4.69) is 40.5 Å². The highest BCUT2D eigenvalue weighted by Gasteiger charge is 2.31. The van der Waals surface area contributed by atoms with Crippen molar-refractivity contribution >= 4 is 12.4 Å². The van der Waals surface area contributed by atoms with Crippen LogP contribution in [0.4, 0.5) is 0 Å². The first-order chi connectivity index (χ1) is 9.93. The van der Waals surface area contributed by atoms with E-state index in [0.717, 1.165) is 19.3 Å². The molecular formula is C17H27ClN2O. The van der Waals surface area contributed by atoms with Crippen molar-refractivity contribution in [3.8, 4) is 0 Å². The maximum Gasteiger partial charge on any atom is 0.0717 e. The largest absolute Gasteiger partial charge is 0.375 e. The Labute approximate surface area is 134 Å². The minimum Gasteiger partial charge on any atom is -0.375 e. The number of hydrogen-bond donors (Lipinski definition) is 1. The summed E-state index contributed by atoms with van der Waals surface area (Å²) in [6.07, 6.45) is 5.24. The molecule has 0 aromatic heterocycles. The molecule has 1 unspecified atom stereocenters. The van der Waals surface area contributed by atoms with E-state index in [1.54, 1.807) is 0 Å². The summed E-state index contributed by atoms with van der Waals surface area (Å²) in [7, 11) is 0. The maximum atomic E-state index is 5.97. The molecule has 1 atom stereocenters. The number of halogens is 1. The van der Waals surface area contributed by atoms with E-state index < -0.39 is 0 Å². The molecule has 0 bridgehead atoms. The van der Waals surface area contributed by atoms with Crippen molar-refractivity contribution in [3.63, 3.8) is 0 Å². The maximum absolute atomic E-state index is 5.97. The third-order valence-corrected chi connectivity index (χ3v) is 4.62. The Morgan fingerprint density at radius 1 is 1.10 bits per heavy atom. The van der Waals surface area contributed by atoms with Gasteiger partial charge in [0, 0.05) is 12.1 Å². The van der Waals surface area contributed by atoms with Gasteiger partial charge in [0.25, 0.3) is 0 Å². The van der Waals surface area contributed by atoms with Gasteiger partial charge >= 0.3 is 0 Å². The van der Waals surface area contributed by atoms with E-state index in [4.69, 9.17) is 4.74 Å². The normalized spacial score (nSPS) is 23.9. The van der Waals surface area contributed by atoms with Gasteiger partial charge in [-0.25, -0.2) is 0 Å². The molecule has 118 valence electrons. The van der Waals surface area contributed by atoms with Crippen LogP contribution in [0.5, 0.6) is 0 Å². The Hall–Kier alpha value is -0.610. The van der Waals surface area contributed by atoms with E-state index in [1.165, 1.54) is 50.9 Å². The van der Waals surface area contributed by atoms with Gasteiger partial charge in [-0.2, -0.15) is 0 Å². The van der Waals surface area contributed by atoms with Crippen LogP contribution in [-0.4, -0.2) is 43.2 Å². The lowest BCUT2D eigenvalue weighted by atomic mass is 10.0. The van der Waals surface area contributed by atoms with E-state index in [-0.39, 0.29) is 12.4 Å². The number of likely N-dealkylation sites (tertiary alicyclic amines) is 1. The lowest BCUT2D eigenvalue weighted by Crippen LogP contribution is -2.46. The Morgan fingerprint density at radius 2 is 1.86 bits per heavy atom. The smallest absolute Gasteiger partial charge is 0.0717 e. The third kappa shape index (κ3) is 4.68. The highest BCUT2D eigenvalue weighted by atomic mass is 35.5. The lowest BCUT2D eigenvalue weighted by Gasteiger charge is -2.35. The first kappa shape index (κ1) is 16.8. The minimum absolute atomic E-state index is 0. The van der Waals surface area contributed by atoms with E-state index in [1.807, 2.05) is 0 Å². The number of hydrogen-bond acceptors (Lipinski definition) is 3. The van der Waals surface area contributed by atoms with Crippen LogP contribution in [0.2, 0.25) is 0 Å². The lowest BCUT2D eigenvalue weighted by molar-refractivity contribution is 0.0443. The van der Waals surface area contributed by atoms with Gasteiger partial charge < -0.3 is 10.1 Å². The average Bonchev–Trinajstić information content (AvgIpc) is 2.98. The van der Waals surface area contributed by atoms with Gasteiger partial charge in [-0.15, -0.1) is 12.4 Å². The van der Waals surface area contributed by atoms with Gasteiger partial charge in [0.15, 0.2) is 0 Å². The molecular weight excluding hydrogens is 284 g/mol. The molecule has 3 nitrogen and oxygen atoms in total. The van der Waals surface area contributed by atoms with Crippen molar-refractivity contribution < 1.29 is 4.74 Å². The predicted octanol–water partition coefficient (Wildman–Crippen LogP) is 2.84. The molecule has 4 heteroatoms. The SMILES string of the molecule is Cl.c1ccc(COCC2CCCN2C2CCNCC2)cc1. The van der Waals surface area contributed by atoms with Crippen LogP contribution >= 0.6 is 12.4 Å². The van der Waals surface area contributed by atoms with Crippen molar-refractivity contribution in [2.75, 3.05) is 26.2 Å². The standard InChI is InChI=1S/C17H26N2O.ClH/c1-2-5-15(6-3-1)13-20-14-17-7-4-12-19(17)16-8-10-18-11-9-16;/h1-3,5-6,16-18H,4,7-14H2;1H. The van der Waals surface area contributed by atoms with Crippen molar-refractivity contribution in [2.24, 2.45) is 0 Å². The summed E-state index contributed by atoms with van der Waals surface area (Å²) in [5.74, 6) is 0. The van der Waals surface area contributed by atoms with Crippen LogP contribution in [-0.2, 0) is 11.3 Å². The Morgan fingerprint density at radius 3 is 2.62 bits per heavy atom. The molecule has 2 heterocycles. The summed E-state index contributed by atoms with van der Waals surface area (Å²) in [5.41, 5.74) is 1.28. The Bertz CT molecular complexity index is 395. The molecule has 1 aromatic carbocycles. The first-order valence-electron chi connectivity index (χ1n) is 8.01. The van der Waals surface area contributed by atoms with E-state index >= 15 is 0 Å². The van der Waals surface area contributed by atoms with Crippen molar-refractivity contribution in [2.45, 2.75) is 44.4 Å². The van der Waals surface area contributed by atoms with Crippen molar-refractivity contribution in [1.29, 1.82) is 0 Å². The van der Waals surface area contributed by atoms with Crippen molar-refractivity contribution in [1.82, 2.24) is 10.2 Å². The molecule has 2 aliphatic rings. The van der Waals surface area contributed by atoms with Gasteiger partial charge in [0.05, 0.1) is 13.2 Å². The molecule has 0 aliphatic carbocycles. The van der Waals surface area contributed by atoms with Crippen LogP contribution < -0.4 is 5.32 Å². The Balaban J connectivity index is 0.00000161. The number of piperidine rings is 1. The zero-order valence-corrected chi connectivity index (χ0v) is 13.5. The summed E-state index contributed by atoms with van der Waals surface area (Å²) in [5, 5.41) is 3.46. The predicted molar refractivity (Wildman–Crippen MR) is 89.0 cm³/mol. The van der Waals surface area contributed by atoms with Crippen molar-refractivity contribution in [3.05, 3.63) is 35.9 Å². The van der Waals surface area contributed by atoms with Gasteiger partial charge in [-0.05, 0) is 50.9 Å². The minimum atomic E-state index is 0. The molecule has 3 rings (SSSR count). The highest BCUT2D eigenvalue weighted by Crippen LogP contribution is 2.24. The van der Waals surface area contributed by atoms with E-state index in [9.17, 15) is 0 Å². The summed E-state index contributed by atoms with van der Waals surface area (Å²) in [4.78, 5) is 2.71. The molecule has 21 heavy (non-hydrogen) atoms. The number of nitrogens with zero attached hydrogens (tertiary/aromatic N) is 1. The third-order valence-electron chi connectivity index (χ3n) is 4.62. The summed E-state index contributed by atoms with van der Waals surface area (Å²) >= 11 is 0. The van der Waals surface area contributed by atoms with Crippen LogP contribution in [0.3, 0.4) is 0 Å². The number of rotatable bonds is 5. The molecule has 2 saturated heterocycles. The fraction of sp³-hybridized carbons (Fsp3) is 0.647. The average molecular weight is 311 g/mol. The number of ether oxygens (including phenoxy) is 1. The molecule has 2 fully saturated rings. The molecule has 2 aliphatic heterocycles. The van der Waals surface area contributed by atoms with Gasteiger partial charge in [-0.1, -0.05) is 30.3 Å². The molecule has 1 aromatic rings. The van der Waals surface area contributed by atoms with Gasteiger partial charge in [0.1, 0.15) is 0 Å². The second kappa shape index (κ2) is 8.74. The van der Waals surface area contributed by atoms with Crippen LogP contribution in [0, 0.1) is 0 Å². The Kier molecular flexibility index (Phi) is 6.97. The molecule has 0 spiro atoms. The zero-order chi connectivity index (χ0) is 13.6. The second-order valence-corrected chi connectivity index (χ2v) is 6.02. The zero-order valence-electron chi connectivity index (χ0n) is 12.7. The second-order valence-electron chi connectivity index (χ2n) is 6.02. The summed E-state index contributed by atoms with van der Waals surface area (Å²) in [6, 6.07) is 11.9. The first-order valence-corrected chi connectivity index (χ1v) is 8.01. The highest BCUT2D eigenvalue weighted by molar-refractivity contribution is 5.85. The molecule has 1 N–H and O–H groups in total. The fourth-order valence-electron chi connectivity index (χ4n) is 3.54.